The molecule has 0 radical (unpaired) electrons. The van der Waals surface area contributed by atoms with Crippen LogP contribution in [-0.2, 0) is 4.74 Å². The summed E-state index contributed by atoms with van der Waals surface area (Å²) in [6, 6.07) is 0. The maximum absolute atomic E-state index is 12.1. The van der Waals surface area contributed by atoms with Crippen molar-refractivity contribution in [2.45, 2.75) is 52.2 Å². The first kappa shape index (κ1) is 19.5. The Kier molecular flexibility index (Phi) is 5.32. The number of carbonyl (C=O) groups excluding carboxylic acids is 1. The molecule has 1 aliphatic rings. The second-order valence-corrected chi connectivity index (χ2v) is 8.38. The molecule has 1 fully saturated rings. The van der Waals surface area contributed by atoms with Gasteiger partial charge in [-0.15, -0.1) is 0 Å². The van der Waals surface area contributed by atoms with Gasteiger partial charge in [0.25, 0.3) is 0 Å². The van der Waals surface area contributed by atoms with Crippen LogP contribution in [0.2, 0.25) is 0 Å². The number of carbonyl (C=O) groups is 2. The normalized spacial score (nSPS) is 20.5. The molecule has 1 saturated heterocycles. The Labute approximate surface area is 155 Å². The van der Waals surface area contributed by atoms with E-state index < -0.39 is 23.2 Å². The number of ether oxygens (including phenoxy) is 1. The lowest BCUT2D eigenvalue weighted by Crippen LogP contribution is -2.49. The number of amides is 1. The highest BCUT2D eigenvalue weighted by atomic mass is 79.9. The van der Waals surface area contributed by atoms with Crippen LogP contribution in [0.1, 0.15) is 50.2 Å². The van der Waals surface area contributed by atoms with Crippen molar-refractivity contribution in [3.05, 3.63) is 21.9 Å². The van der Waals surface area contributed by atoms with Crippen molar-refractivity contribution in [2.75, 3.05) is 18.0 Å². The molecule has 1 aromatic rings. The van der Waals surface area contributed by atoms with E-state index in [9.17, 15) is 14.7 Å². The summed E-state index contributed by atoms with van der Waals surface area (Å²) in [6.07, 6.45) is 1.58. The summed E-state index contributed by atoms with van der Waals surface area (Å²) in [4.78, 5) is 29.7. The molecular weight excluding hydrogens is 390 g/mol. The molecule has 0 bridgehead atoms. The number of carboxylic acids is 1. The number of hydrogen-bond acceptors (Lipinski definition) is 5. The Hall–Kier alpha value is -1.83. The highest BCUT2D eigenvalue weighted by Crippen LogP contribution is 2.36. The van der Waals surface area contributed by atoms with Gasteiger partial charge >= 0.3 is 12.1 Å². The Morgan fingerprint density at radius 1 is 1.44 bits per heavy atom. The number of nitrogens with zero attached hydrogens (tertiary/aromatic N) is 2. The third-order valence-corrected chi connectivity index (χ3v) is 4.94. The first-order valence-corrected chi connectivity index (χ1v) is 8.86. The molecule has 0 saturated carbocycles. The van der Waals surface area contributed by atoms with E-state index in [1.54, 1.807) is 0 Å². The molecule has 1 atom stereocenters. The van der Waals surface area contributed by atoms with E-state index in [1.807, 2.05) is 39.5 Å². The molecule has 0 aromatic carbocycles. The summed E-state index contributed by atoms with van der Waals surface area (Å²) in [7, 11) is 0. The summed E-state index contributed by atoms with van der Waals surface area (Å²) in [5.74, 6) is -1.03. The van der Waals surface area contributed by atoms with Crippen molar-refractivity contribution in [3.63, 3.8) is 0 Å². The smallest absolute Gasteiger partial charge is 0.408 e. The van der Waals surface area contributed by atoms with Crippen molar-refractivity contribution < 1.29 is 19.4 Å². The van der Waals surface area contributed by atoms with Gasteiger partial charge in [0.1, 0.15) is 11.2 Å². The minimum absolute atomic E-state index is 0.138. The first-order chi connectivity index (χ1) is 11.4. The van der Waals surface area contributed by atoms with E-state index >= 15 is 0 Å². The Bertz CT molecular complexity index is 702. The zero-order valence-electron chi connectivity index (χ0n) is 15.1. The number of nitrogens with one attached hydrogen (secondary N) is 1. The van der Waals surface area contributed by atoms with Crippen LogP contribution in [0.4, 0.5) is 10.5 Å². The summed E-state index contributed by atoms with van der Waals surface area (Å²) in [5.41, 5.74) is 0.372. The Morgan fingerprint density at radius 3 is 2.64 bits per heavy atom. The molecule has 8 heteroatoms. The molecule has 0 unspecified atom stereocenters. The van der Waals surface area contributed by atoms with Crippen LogP contribution in [0.25, 0.3) is 0 Å². The van der Waals surface area contributed by atoms with Crippen LogP contribution in [0.15, 0.2) is 10.7 Å². The fourth-order valence-electron chi connectivity index (χ4n) is 2.84. The van der Waals surface area contributed by atoms with Gasteiger partial charge in [-0.25, -0.2) is 9.59 Å². The zero-order chi connectivity index (χ0) is 19.0. The molecule has 1 amide bonds. The molecule has 2 heterocycles. The van der Waals surface area contributed by atoms with Gasteiger partial charge in [0.05, 0.1) is 21.4 Å². The minimum atomic E-state index is -1.03. The van der Waals surface area contributed by atoms with Gasteiger partial charge in [0.15, 0.2) is 0 Å². The fourth-order valence-corrected chi connectivity index (χ4v) is 3.41. The van der Waals surface area contributed by atoms with Crippen LogP contribution < -0.4 is 10.2 Å². The van der Waals surface area contributed by atoms with Crippen LogP contribution >= 0.6 is 15.9 Å². The van der Waals surface area contributed by atoms with Crippen molar-refractivity contribution in [1.82, 2.24) is 10.3 Å². The number of aromatic nitrogens is 1. The molecular formula is C17H24BrN3O4. The summed E-state index contributed by atoms with van der Waals surface area (Å²) < 4.78 is 5.99. The molecule has 0 spiro atoms. The van der Waals surface area contributed by atoms with Crippen molar-refractivity contribution in [2.24, 2.45) is 0 Å². The summed E-state index contributed by atoms with van der Waals surface area (Å²) >= 11 is 3.46. The highest BCUT2D eigenvalue weighted by molar-refractivity contribution is 9.10. The number of pyridine rings is 1. The minimum Gasteiger partial charge on any atom is -0.478 e. The van der Waals surface area contributed by atoms with Gasteiger partial charge in [-0.3, -0.25) is 4.98 Å². The highest BCUT2D eigenvalue weighted by Gasteiger charge is 2.38. The lowest BCUT2D eigenvalue weighted by atomic mass is 10.0. The molecule has 1 aromatic heterocycles. The SMILES string of the molecule is Cc1ncc(C(=O)O)c(N2CC[C@](C)(NC(=O)OC(C)(C)C)C2)c1Br. The number of anilines is 1. The van der Waals surface area contributed by atoms with Gasteiger partial charge in [-0.2, -0.15) is 0 Å². The monoisotopic (exact) mass is 413 g/mol. The maximum atomic E-state index is 12.1. The number of alkyl carbamates (subject to hydrolysis) is 1. The van der Waals surface area contributed by atoms with E-state index in [0.29, 0.717) is 35.4 Å². The van der Waals surface area contributed by atoms with Gasteiger partial charge in [-0.1, -0.05) is 0 Å². The van der Waals surface area contributed by atoms with Gasteiger partial charge < -0.3 is 20.1 Å². The molecule has 2 N–H and O–H groups in total. The Morgan fingerprint density at radius 2 is 2.08 bits per heavy atom. The van der Waals surface area contributed by atoms with Crippen LogP contribution in [0.3, 0.4) is 0 Å². The van der Waals surface area contributed by atoms with Gasteiger partial charge in [0.2, 0.25) is 0 Å². The number of rotatable bonds is 3. The molecule has 2 rings (SSSR count). The predicted octanol–water partition coefficient (Wildman–Crippen LogP) is 3.34. The number of aryl methyl sites for hydroxylation is 1. The average Bonchev–Trinajstić information content (AvgIpc) is 2.80. The zero-order valence-corrected chi connectivity index (χ0v) is 16.7. The largest absolute Gasteiger partial charge is 0.478 e. The fraction of sp³-hybridized carbons (Fsp3) is 0.588. The second-order valence-electron chi connectivity index (χ2n) is 7.58. The number of hydrogen-bond donors (Lipinski definition) is 2. The van der Waals surface area contributed by atoms with Gasteiger partial charge in [0, 0.05) is 19.3 Å². The number of carboxylic acid groups (broad SMARTS) is 1. The molecule has 1 aliphatic heterocycles. The number of aromatic carboxylic acids is 1. The second kappa shape index (κ2) is 6.82. The lowest BCUT2D eigenvalue weighted by molar-refractivity contribution is 0.0472. The standard InChI is InChI=1S/C17H24BrN3O4/c1-10-12(18)13(11(8-19-10)14(22)23)21-7-6-17(5,9-21)20-15(24)25-16(2,3)4/h8H,6-7,9H2,1-5H3,(H,20,24)(H,22,23)/t17-/m0/s1. The Balaban J connectivity index is 2.22. The van der Waals surface area contributed by atoms with Crippen molar-refractivity contribution in [3.8, 4) is 0 Å². The van der Waals surface area contributed by atoms with Crippen molar-refractivity contribution in [1.29, 1.82) is 0 Å². The topological polar surface area (TPSA) is 91.8 Å². The third kappa shape index (κ3) is 4.62. The summed E-state index contributed by atoms with van der Waals surface area (Å²) in [6.45, 7) is 10.3. The molecule has 0 aliphatic carbocycles. The van der Waals surface area contributed by atoms with E-state index in [4.69, 9.17) is 4.74 Å². The number of halogens is 1. The van der Waals surface area contributed by atoms with E-state index in [-0.39, 0.29) is 5.56 Å². The van der Waals surface area contributed by atoms with Crippen LogP contribution in [-0.4, -0.2) is 46.4 Å². The first-order valence-electron chi connectivity index (χ1n) is 8.06. The van der Waals surface area contributed by atoms with Crippen molar-refractivity contribution >= 4 is 33.7 Å². The molecule has 138 valence electrons. The third-order valence-electron chi connectivity index (χ3n) is 3.99. The predicted molar refractivity (Wildman–Crippen MR) is 98.2 cm³/mol. The van der Waals surface area contributed by atoms with E-state index in [1.165, 1.54) is 6.20 Å². The maximum Gasteiger partial charge on any atom is 0.408 e. The average molecular weight is 414 g/mol. The quantitative estimate of drug-likeness (QED) is 0.789. The van der Waals surface area contributed by atoms with Gasteiger partial charge in [-0.05, 0) is 57.0 Å². The van der Waals surface area contributed by atoms with Crippen LogP contribution in [0.5, 0.6) is 0 Å². The van der Waals surface area contributed by atoms with E-state index in [0.717, 1.165) is 0 Å². The lowest BCUT2D eigenvalue weighted by Gasteiger charge is -2.29. The molecule has 7 nitrogen and oxygen atoms in total. The van der Waals surface area contributed by atoms with E-state index in [2.05, 4.69) is 26.2 Å². The van der Waals surface area contributed by atoms with Crippen LogP contribution in [0, 0.1) is 6.92 Å². The summed E-state index contributed by atoms with van der Waals surface area (Å²) in [5, 5.41) is 12.4. The molecule has 25 heavy (non-hydrogen) atoms.